The molecule has 1 rings (SSSR count). The molecule has 0 aromatic heterocycles. The molecule has 0 saturated heterocycles. The summed E-state index contributed by atoms with van der Waals surface area (Å²) in [5, 5.41) is 14.2. The predicted molar refractivity (Wildman–Crippen MR) is 118 cm³/mol. The van der Waals surface area contributed by atoms with Crippen LogP contribution in [0.15, 0.2) is 24.3 Å². The third-order valence-corrected chi connectivity index (χ3v) is 4.59. The van der Waals surface area contributed by atoms with Crippen LogP contribution < -0.4 is 10.6 Å². The van der Waals surface area contributed by atoms with Gasteiger partial charge in [-0.3, -0.25) is 9.59 Å². The van der Waals surface area contributed by atoms with Crippen LogP contribution in [-0.2, 0) is 25.7 Å². The molecule has 1 aromatic carbocycles. The Hall–Kier alpha value is -2.94. The predicted octanol–water partition coefficient (Wildman–Crippen LogP) is 2.77. The van der Waals surface area contributed by atoms with Crippen LogP contribution in [0.4, 0.5) is 4.79 Å². The molecule has 0 aliphatic heterocycles. The third-order valence-electron chi connectivity index (χ3n) is 4.59. The van der Waals surface area contributed by atoms with Gasteiger partial charge in [-0.2, -0.15) is 0 Å². The van der Waals surface area contributed by atoms with Crippen molar-refractivity contribution >= 4 is 23.8 Å². The highest BCUT2D eigenvalue weighted by atomic mass is 16.5. The van der Waals surface area contributed by atoms with Crippen LogP contribution in [0, 0.1) is 11.8 Å². The fourth-order valence-electron chi connectivity index (χ4n) is 3.04. The lowest BCUT2D eigenvalue weighted by molar-refractivity contribution is -0.131. The molecule has 0 aliphatic rings. The van der Waals surface area contributed by atoms with Crippen LogP contribution in [-0.4, -0.2) is 54.7 Å². The first-order chi connectivity index (χ1) is 15.0. The summed E-state index contributed by atoms with van der Waals surface area (Å²) in [6.07, 6.45) is 0.0389. The molecule has 3 N–H and O–H groups in total. The minimum Gasteiger partial charge on any atom is -0.478 e. The van der Waals surface area contributed by atoms with E-state index in [9.17, 15) is 19.2 Å². The lowest BCUT2D eigenvalue weighted by atomic mass is 9.98. The highest BCUT2D eigenvalue weighted by Gasteiger charge is 2.28. The smallest absolute Gasteiger partial charge is 0.408 e. The number of benzene rings is 1. The van der Waals surface area contributed by atoms with E-state index < -0.39 is 30.1 Å². The normalized spacial score (nSPS) is 12.8. The number of carboxylic acids is 1. The molecule has 0 spiro atoms. The van der Waals surface area contributed by atoms with E-state index in [1.165, 1.54) is 19.2 Å². The highest BCUT2D eigenvalue weighted by molar-refractivity contribution is 5.92. The first-order valence-corrected chi connectivity index (χ1v) is 10.6. The summed E-state index contributed by atoms with van der Waals surface area (Å²) in [7, 11) is 1.42. The van der Waals surface area contributed by atoms with Crippen LogP contribution >= 0.6 is 0 Å². The van der Waals surface area contributed by atoms with Crippen LogP contribution in [0.5, 0.6) is 0 Å². The molecule has 0 radical (unpaired) electrons. The van der Waals surface area contributed by atoms with Gasteiger partial charge in [0.1, 0.15) is 19.3 Å². The van der Waals surface area contributed by atoms with Crippen molar-refractivity contribution in [2.45, 2.75) is 59.2 Å². The van der Waals surface area contributed by atoms with E-state index in [1.807, 2.05) is 27.7 Å². The molecule has 2 amide bonds. The van der Waals surface area contributed by atoms with Crippen LogP contribution in [0.2, 0.25) is 0 Å². The number of Topliss-reactive ketones (excluding diaryl/α,β-unsaturated/α-hetero) is 1. The third kappa shape index (κ3) is 9.91. The molecule has 178 valence electrons. The minimum atomic E-state index is -1.04. The van der Waals surface area contributed by atoms with Gasteiger partial charge in [-0.15, -0.1) is 0 Å². The summed E-state index contributed by atoms with van der Waals surface area (Å²) in [6.45, 7) is 7.54. The summed E-state index contributed by atoms with van der Waals surface area (Å²) < 4.78 is 10.1. The maximum absolute atomic E-state index is 12.9. The van der Waals surface area contributed by atoms with Gasteiger partial charge in [0.25, 0.3) is 0 Å². The van der Waals surface area contributed by atoms with Gasteiger partial charge in [0.05, 0.1) is 11.6 Å². The molecular weight excluding hydrogens is 416 g/mol. The van der Waals surface area contributed by atoms with E-state index >= 15 is 0 Å². The standard InChI is InChI=1S/C23H34N2O7/c1-14(2)10-18(20(26)13-31-5)24-21(27)19(11-15(3)4)25-23(30)32-12-16-6-8-17(9-7-16)22(28)29/h6-9,14-15,18-19H,10-13H2,1-5H3,(H,24,27)(H,25,30)(H,28,29)/t18-,19-/m0/s1. The Morgan fingerprint density at radius 2 is 1.47 bits per heavy atom. The van der Waals surface area contributed by atoms with E-state index in [0.717, 1.165) is 0 Å². The SMILES string of the molecule is COCC(=O)[C@H](CC(C)C)NC(=O)[C@H](CC(C)C)NC(=O)OCc1ccc(C(=O)O)cc1. The van der Waals surface area contributed by atoms with Crippen molar-refractivity contribution in [2.75, 3.05) is 13.7 Å². The van der Waals surface area contributed by atoms with E-state index in [4.69, 9.17) is 14.6 Å². The van der Waals surface area contributed by atoms with Crippen molar-refractivity contribution < 1.29 is 33.8 Å². The van der Waals surface area contributed by atoms with Gasteiger partial charge >= 0.3 is 12.1 Å². The van der Waals surface area contributed by atoms with Crippen molar-refractivity contribution in [3.63, 3.8) is 0 Å². The van der Waals surface area contributed by atoms with E-state index in [2.05, 4.69) is 10.6 Å². The van der Waals surface area contributed by atoms with Gasteiger partial charge in [0.2, 0.25) is 5.91 Å². The van der Waals surface area contributed by atoms with E-state index in [-0.39, 0.29) is 36.4 Å². The number of alkyl carbamates (subject to hydrolysis) is 1. The molecule has 2 atom stereocenters. The fourth-order valence-corrected chi connectivity index (χ4v) is 3.04. The fraction of sp³-hybridized carbons (Fsp3) is 0.565. The van der Waals surface area contributed by atoms with Crippen LogP contribution in [0.3, 0.4) is 0 Å². The number of nitrogens with one attached hydrogen (secondary N) is 2. The molecule has 0 heterocycles. The number of amides is 2. The summed E-state index contributed by atoms with van der Waals surface area (Å²) in [5.74, 6) is -1.46. The molecule has 0 unspecified atom stereocenters. The number of hydrogen-bond donors (Lipinski definition) is 3. The molecule has 1 aromatic rings. The number of rotatable bonds is 13. The second-order valence-corrected chi connectivity index (χ2v) is 8.49. The van der Waals surface area contributed by atoms with Crippen LogP contribution in [0.25, 0.3) is 0 Å². The highest BCUT2D eigenvalue weighted by Crippen LogP contribution is 2.11. The van der Waals surface area contributed by atoms with Gasteiger partial charge in [0, 0.05) is 7.11 Å². The first-order valence-electron chi connectivity index (χ1n) is 10.6. The average Bonchev–Trinajstić information content (AvgIpc) is 2.71. The molecule has 0 saturated carbocycles. The zero-order chi connectivity index (χ0) is 24.3. The number of carboxylic acid groups (broad SMARTS) is 1. The number of carbonyl (C=O) groups is 4. The van der Waals surface area contributed by atoms with Crippen molar-refractivity contribution in [1.29, 1.82) is 0 Å². The number of methoxy groups -OCH3 is 1. The second-order valence-electron chi connectivity index (χ2n) is 8.49. The molecular formula is C23H34N2O7. The number of hydrogen-bond acceptors (Lipinski definition) is 6. The number of carbonyl (C=O) groups excluding carboxylic acids is 3. The topological polar surface area (TPSA) is 131 Å². The number of aromatic carboxylic acids is 1. The zero-order valence-corrected chi connectivity index (χ0v) is 19.3. The summed E-state index contributed by atoms with van der Waals surface area (Å²) in [4.78, 5) is 48.4. The van der Waals surface area contributed by atoms with Crippen molar-refractivity contribution in [2.24, 2.45) is 11.8 Å². The number of ether oxygens (including phenoxy) is 2. The summed E-state index contributed by atoms with van der Waals surface area (Å²) in [5.41, 5.74) is 0.739. The van der Waals surface area contributed by atoms with Gasteiger partial charge < -0.3 is 25.2 Å². The minimum absolute atomic E-state index is 0.0793. The van der Waals surface area contributed by atoms with Crippen molar-refractivity contribution in [3.8, 4) is 0 Å². The molecule has 0 aliphatic carbocycles. The Labute approximate surface area is 188 Å². The Morgan fingerprint density at radius 1 is 0.906 bits per heavy atom. The second kappa shape index (κ2) is 13.5. The molecule has 9 heteroatoms. The van der Waals surface area contributed by atoms with Gasteiger partial charge in [-0.25, -0.2) is 9.59 Å². The Bertz CT molecular complexity index is 775. The Balaban J connectivity index is 2.76. The average molecular weight is 451 g/mol. The maximum Gasteiger partial charge on any atom is 0.408 e. The molecule has 32 heavy (non-hydrogen) atoms. The zero-order valence-electron chi connectivity index (χ0n) is 19.3. The van der Waals surface area contributed by atoms with Gasteiger partial charge in [0.15, 0.2) is 5.78 Å². The van der Waals surface area contributed by atoms with Gasteiger partial charge in [-0.05, 0) is 42.4 Å². The molecule has 9 nitrogen and oxygen atoms in total. The van der Waals surface area contributed by atoms with Crippen molar-refractivity contribution in [3.05, 3.63) is 35.4 Å². The van der Waals surface area contributed by atoms with Crippen LogP contribution in [0.1, 0.15) is 56.5 Å². The molecule has 0 bridgehead atoms. The monoisotopic (exact) mass is 450 g/mol. The Kier molecular flexibility index (Phi) is 11.4. The quantitative estimate of drug-likeness (QED) is 0.421. The van der Waals surface area contributed by atoms with Crippen molar-refractivity contribution in [1.82, 2.24) is 10.6 Å². The Morgan fingerprint density at radius 3 is 1.97 bits per heavy atom. The number of ketones is 1. The van der Waals surface area contributed by atoms with Gasteiger partial charge in [-0.1, -0.05) is 39.8 Å². The maximum atomic E-state index is 12.9. The summed E-state index contributed by atoms with van der Waals surface area (Å²) in [6, 6.07) is 4.35. The first kappa shape index (κ1) is 27.1. The van der Waals surface area contributed by atoms with E-state index in [0.29, 0.717) is 18.4 Å². The van der Waals surface area contributed by atoms with E-state index in [1.54, 1.807) is 12.1 Å². The largest absolute Gasteiger partial charge is 0.478 e. The lowest BCUT2D eigenvalue weighted by Crippen LogP contribution is -2.52. The lowest BCUT2D eigenvalue weighted by Gasteiger charge is -2.24. The summed E-state index contributed by atoms with van der Waals surface area (Å²) >= 11 is 0. The molecule has 0 fully saturated rings.